The Morgan fingerprint density at radius 1 is 1.53 bits per heavy atom. The van der Waals surface area contributed by atoms with Gasteiger partial charge >= 0.3 is 0 Å². The molecule has 1 aromatic heterocycles. The van der Waals surface area contributed by atoms with E-state index >= 15 is 0 Å². The van der Waals surface area contributed by atoms with E-state index in [1.165, 1.54) is 6.07 Å². The van der Waals surface area contributed by atoms with Crippen molar-refractivity contribution in [3.05, 3.63) is 34.2 Å². The highest BCUT2D eigenvalue weighted by atomic mass is 35.5. The maximum atomic E-state index is 11.6. The van der Waals surface area contributed by atoms with Gasteiger partial charge in [-0.2, -0.15) is 0 Å². The van der Waals surface area contributed by atoms with Gasteiger partial charge in [0.15, 0.2) is 0 Å². The quantitative estimate of drug-likeness (QED) is 0.602. The predicted molar refractivity (Wildman–Crippen MR) is 68.5 cm³/mol. The Balaban J connectivity index is 2.33. The summed E-state index contributed by atoms with van der Waals surface area (Å²) in [5.41, 5.74) is 0.0244. The summed E-state index contributed by atoms with van der Waals surface area (Å²) in [5, 5.41) is 2.75. The zero-order chi connectivity index (χ0) is 12.7. The summed E-state index contributed by atoms with van der Waals surface area (Å²) in [6.45, 7) is 2.67. The molecule has 0 radical (unpaired) electrons. The van der Waals surface area contributed by atoms with Gasteiger partial charge in [-0.25, -0.2) is 0 Å². The molecule has 1 rings (SSSR count). The van der Waals surface area contributed by atoms with E-state index in [-0.39, 0.29) is 11.5 Å². The Hall–Kier alpha value is -1.29. The van der Waals surface area contributed by atoms with Crippen LogP contribution in [0.15, 0.2) is 23.0 Å². The maximum absolute atomic E-state index is 11.6. The first-order chi connectivity index (χ1) is 8.13. The molecule has 94 valence electrons. The molecule has 1 aromatic rings. The topological polar surface area (TPSA) is 62.0 Å². The number of alkyl halides is 1. The van der Waals surface area contributed by atoms with Crippen LogP contribution in [-0.2, 0) is 0 Å². The van der Waals surface area contributed by atoms with Gasteiger partial charge in [-0.3, -0.25) is 9.59 Å². The molecule has 0 aliphatic carbocycles. The van der Waals surface area contributed by atoms with Gasteiger partial charge in [-0.15, -0.1) is 11.6 Å². The molecular formula is C12H17ClN2O2. The first kappa shape index (κ1) is 13.8. The molecule has 1 unspecified atom stereocenters. The zero-order valence-corrected chi connectivity index (χ0v) is 10.6. The molecule has 0 aromatic carbocycles. The monoisotopic (exact) mass is 256 g/mol. The third-order valence-corrected chi connectivity index (χ3v) is 2.96. The molecule has 0 bridgehead atoms. The second-order valence-electron chi connectivity index (χ2n) is 4.09. The van der Waals surface area contributed by atoms with Gasteiger partial charge in [-0.05, 0) is 24.8 Å². The Kier molecular flexibility index (Phi) is 5.77. The number of hydrogen-bond acceptors (Lipinski definition) is 2. The van der Waals surface area contributed by atoms with Crippen LogP contribution in [0.4, 0.5) is 0 Å². The van der Waals surface area contributed by atoms with Crippen molar-refractivity contribution in [3.63, 3.8) is 0 Å². The van der Waals surface area contributed by atoms with Crippen molar-refractivity contribution >= 4 is 17.5 Å². The summed E-state index contributed by atoms with van der Waals surface area (Å²) in [7, 11) is 0. The zero-order valence-electron chi connectivity index (χ0n) is 9.83. The van der Waals surface area contributed by atoms with Gasteiger partial charge in [-0.1, -0.05) is 13.0 Å². The van der Waals surface area contributed by atoms with Crippen molar-refractivity contribution in [2.75, 3.05) is 12.4 Å². The minimum atomic E-state index is -0.270. The molecule has 0 spiro atoms. The largest absolute Gasteiger partial charge is 0.351 e. The van der Waals surface area contributed by atoms with Crippen molar-refractivity contribution in [1.82, 2.24) is 10.3 Å². The van der Waals surface area contributed by atoms with E-state index in [2.05, 4.69) is 17.2 Å². The average molecular weight is 257 g/mol. The molecule has 1 heterocycles. The summed E-state index contributed by atoms with van der Waals surface area (Å²) < 4.78 is 0. The highest BCUT2D eigenvalue weighted by Crippen LogP contribution is 2.06. The Labute approximate surface area is 105 Å². The molecule has 5 heteroatoms. The summed E-state index contributed by atoms with van der Waals surface area (Å²) in [6, 6.07) is 4.51. The van der Waals surface area contributed by atoms with Crippen LogP contribution in [-0.4, -0.2) is 23.3 Å². The van der Waals surface area contributed by atoms with E-state index in [0.29, 0.717) is 24.0 Å². The molecule has 2 N–H and O–H groups in total. The highest BCUT2D eigenvalue weighted by Gasteiger charge is 2.05. The van der Waals surface area contributed by atoms with Crippen LogP contribution < -0.4 is 10.9 Å². The first-order valence-corrected chi connectivity index (χ1v) is 6.20. The van der Waals surface area contributed by atoms with Crippen LogP contribution >= 0.6 is 11.6 Å². The molecule has 17 heavy (non-hydrogen) atoms. The molecule has 0 saturated carbocycles. The highest BCUT2D eigenvalue weighted by molar-refractivity contribution is 6.18. The molecular weight excluding hydrogens is 240 g/mol. The van der Waals surface area contributed by atoms with Crippen LogP contribution in [0.2, 0.25) is 0 Å². The summed E-state index contributed by atoms with van der Waals surface area (Å²) in [4.78, 5) is 25.1. The summed E-state index contributed by atoms with van der Waals surface area (Å²) in [6.07, 6.45) is 1.87. The minimum absolute atomic E-state index is 0.249. The number of hydrogen-bond donors (Lipinski definition) is 2. The van der Waals surface area contributed by atoms with E-state index in [0.717, 1.165) is 12.8 Å². The summed E-state index contributed by atoms with van der Waals surface area (Å²) >= 11 is 5.68. The molecule has 0 aliphatic rings. The molecule has 1 amide bonds. The van der Waals surface area contributed by atoms with Crippen LogP contribution in [0.25, 0.3) is 0 Å². The van der Waals surface area contributed by atoms with Crippen LogP contribution in [0.1, 0.15) is 30.3 Å². The fourth-order valence-corrected chi connectivity index (χ4v) is 1.56. The number of nitrogens with one attached hydrogen (secondary N) is 2. The summed E-state index contributed by atoms with van der Waals surface area (Å²) in [5.74, 6) is 0.853. The van der Waals surface area contributed by atoms with Crippen molar-refractivity contribution in [3.8, 4) is 0 Å². The lowest BCUT2D eigenvalue weighted by Gasteiger charge is -2.08. The predicted octanol–water partition coefficient (Wildman–Crippen LogP) is 1.76. The van der Waals surface area contributed by atoms with Gasteiger partial charge in [0.05, 0.1) is 0 Å². The second kappa shape index (κ2) is 7.12. The van der Waals surface area contributed by atoms with Crippen LogP contribution in [0.3, 0.4) is 0 Å². The van der Waals surface area contributed by atoms with E-state index in [4.69, 9.17) is 11.6 Å². The Morgan fingerprint density at radius 2 is 2.29 bits per heavy atom. The number of carbonyl (C=O) groups is 1. The number of aromatic amines is 1. The van der Waals surface area contributed by atoms with E-state index in [1.807, 2.05) is 0 Å². The fraction of sp³-hybridized carbons (Fsp3) is 0.500. The molecule has 1 atom stereocenters. The molecule has 0 saturated heterocycles. The van der Waals surface area contributed by atoms with Gasteiger partial charge in [0, 0.05) is 18.5 Å². The van der Waals surface area contributed by atoms with Crippen LogP contribution in [0.5, 0.6) is 0 Å². The maximum Gasteiger partial charge on any atom is 0.267 e. The number of H-pyrrole nitrogens is 1. The van der Waals surface area contributed by atoms with Gasteiger partial charge in [0.2, 0.25) is 5.56 Å². The third-order valence-electron chi connectivity index (χ3n) is 2.44. The lowest BCUT2D eigenvalue weighted by atomic mass is 10.1. The Bertz CT molecular complexity index is 417. The molecule has 0 fully saturated rings. The SMILES string of the molecule is CC(CCl)CCCNC(=O)c1cccc(=O)[nH]1. The van der Waals surface area contributed by atoms with E-state index in [9.17, 15) is 9.59 Å². The standard InChI is InChI=1S/C12H17ClN2O2/c1-9(8-13)4-3-7-14-12(17)10-5-2-6-11(16)15-10/h2,5-6,9H,3-4,7-8H2,1H3,(H,14,17)(H,15,16). The number of halogens is 1. The lowest BCUT2D eigenvalue weighted by molar-refractivity contribution is 0.0947. The van der Waals surface area contributed by atoms with E-state index < -0.39 is 0 Å². The van der Waals surface area contributed by atoms with Gasteiger partial charge < -0.3 is 10.3 Å². The fourth-order valence-electron chi connectivity index (χ4n) is 1.41. The number of aromatic nitrogens is 1. The second-order valence-corrected chi connectivity index (χ2v) is 4.39. The van der Waals surface area contributed by atoms with Gasteiger partial charge in [0.1, 0.15) is 5.69 Å². The minimum Gasteiger partial charge on any atom is -0.351 e. The van der Waals surface area contributed by atoms with Crippen molar-refractivity contribution < 1.29 is 4.79 Å². The number of amides is 1. The number of rotatable bonds is 6. The average Bonchev–Trinajstić information content (AvgIpc) is 2.34. The molecule has 4 nitrogen and oxygen atoms in total. The molecule has 0 aliphatic heterocycles. The van der Waals surface area contributed by atoms with Crippen molar-refractivity contribution in [1.29, 1.82) is 0 Å². The smallest absolute Gasteiger partial charge is 0.267 e. The number of carbonyl (C=O) groups excluding carboxylic acids is 1. The van der Waals surface area contributed by atoms with Crippen molar-refractivity contribution in [2.24, 2.45) is 5.92 Å². The van der Waals surface area contributed by atoms with Crippen molar-refractivity contribution in [2.45, 2.75) is 19.8 Å². The van der Waals surface area contributed by atoms with Crippen LogP contribution in [0, 0.1) is 5.92 Å². The number of pyridine rings is 1. The Morgan fingerprint density at radius 3 is 2.94 bits per heavy atom. The third kappa shape index (κ3) is 5.04. The first-order valence-electron chi connectivity index (χ1n) is 5.67. The normalized spacial score (nSPS) is 12.1. The van der Waals surface area contributed by atoms with E-state index in [1.54, 1.807) is 12.1 Å². The lowest BCUT2D eigenvalue weighted by Crippen LogP contribution is -2.27. The van der Waals surface area contributed by atoms with Gasteiger partial charge in [0.25, 0.3) is 5.91 Å².